The standard InChI is InChI=1S/C54H61N11O6S/c1-34-8-17-41(27-44(34)61-53-56-22-20-43(60-53)40-7-6-21-55-30-40)59-50(69)39-15-11-37(12-16-39)31-63-23-25-64(26-24-63)47(68)19-18-46(67)62-49(54(3,4)5)52(71)65-32-42(66)28-45(65)51(70)57-29-36-9-13-38(14-10-36)48-35(2)58-33-72-48/h6-17,20-22,27,30,33,42,45,49,66H,18-19,23-26,28-29,31-32H2,1-5H3,(H,57,70)(H,59,69)(H,62,67)(H,56,60,61)/t42?,45?,49-/m1/s1. The molecular weight excluding hydrogens is 931 g/mol. The second-order valence-corrected chi connectivity index (χ2v) is 20.3. The molecule has 6 aromatic rings. The van der Waals surface area contributed by atoms with Gasteiger partial charge in [-0.1, -0.05) is 63.2 Å². The Morgan fingerprint density at radius 2 is 1.60 bits per heavy atom. The lowest BCUT2D eigenvalue weighted by Crippen LogP contribution is -2.57. The third kappa shape index (κ3) is 12.9. The summed E-state index contributed by atoms with van der Waals surface area (Å²) in [6.45, 7) is 12.5. The predicted octanol–water partition coefficient (Wildman–Crippen LogP) is 6.51. The predicted molar refractivity (Wildman–Crippen MR) is 277 cm³/mol. The number of likely N-dealkylation sites (tertiary alicyclic amines) is 1. The Balaban J connectivity index is 0.769. The van der Waals surface area contributed by atoms with Gasteiger partial charge in [-0.05, 0) is 84.0 Å². The van der Waals surface area contributed by atoms with Crippen LogP contribution < -0.4 is 21.3 Å². The van der Waals surface area contributed by atoms with Crippen LogP contribution >= 0.6 is 11.3 Å². The van der Waals surface area contributed by atoms with Gasteiger partial charge in [0.15, 0.2) is 0 Å². The van der Waals surface area contributed by atoms with E-state index in [1.54, 1.807) is 47.0 Å². The van der Waals surface area contributed by atoms with Gasteiger partial charge in [0.2, 0.25) is 29.6 Å². The van der Waals surface area contributed by atoms with Crippen molar-refractivity contribution in [1.29, 1.82) is 0 Å². The number of pyridine rings is 1. The van der Waals surface area contributed by atoms with Crippen LogP contribution in [0.3, 0.4) is 0 Å². The summed E-state index contributed by atoms with van der Waals surface area (Å²) in [6, 6.07) is 24.6. The molecule has 2 aliphatic heterocycles. The van der Waals surface area contributed by atoms with Crippen LogP contribution in [-0.4, -0.2) is 120 Å². The highest BCUT2D eigenvalue weighted by Crippen LogP contribution is 2.29. The summed E-state index contributed by atoms with van der Waals surface area (Å²) in [6.07, 6.45) is 4.20. The lowest BCUT2D eigenvalue weighted by Gasteiger charge is -2.36. The fourth-order valence-electron chi connectivity index (χ4n) is 8.82. The zero-order valence-electron chi connectivity index (χ0n) is 41.2. The average Bonchev–Trinajstić information content (AvgIpc) is 4.00. The number of β-amino-alcohol motifs (C(OH)–C–C–N with tert-alkyl or cyclic N) is 1. The second-order valence-electron chi connectivity index (χ2n) is 19.4. The molecule has 0 bridgehead atoms. The number of aliphatic hydroxyl groups excluding tert-OH is 1. The van der Waals surface area contributed by atoms with E-state index in [0.29, 0.717) is 49.9 Å². The van der Waals surface area contributed by atoms with Crippen LogP contribution in [0.5, 0.6) is 0 Å². The Labute approximate surface area is 423 Å². The van der Waals surface area contributed by atoms with Crippen LogP contribution in [0.1, 0.15) is 72.8 Å². The lowest BCUT2D eigenvalue weighted by molar-refractivity contribution is -0.144. The summed E-state index contributed by atoms with van der Waals surface area (Å²) in [5.41, 5.74) is 9.44. The van der Waals surface area contributed by atoms with Gasteiger partial charge in [0.25, 0.3) is 5.91 Å². The SMILES string of the molecule is Cc1ccc(NC(=O)c2ccc(CN3CCN(C(=O)CCC(=O)N[C@H](C(=O)N4CC(O)CC4C(=O)NCc4ccc(-c5scnc5C)cc4)C(C)(C)C)CC3)cc2)cc1Nc1nccc(-c2cccnc2)n1. The molecule has 374 valence electrons. The molecule has 2 fully saturated rings. The molecule has 0 spiro atoms. The summed E-state index contributed by atoms with van der Waals surface area (Å²) < 4.78 is 0. The van der Waals surface area contributed by atoms with E-state index < -0.39 is 35.4 Å². The molecule has 72 heavy (non-hydrogen) atoms. The van der Waals surface area contributed by atoms with Crippen LogP contribution in [0, 0.1) is 19.3 Å². The molecular formula is C54H61N11O6S. The van der Waals surface area contributed by atoms with Gasteiger partial charge in [0, 0.05) is 106 Å². The fourth-order valence-corrected chi connectivity index (χ4v) is 9.63. The highest BCUT2D eigenvalue weighted by Gasteiger charge is 2.44. The number of carbonyl (C=O) groups excluding carboxylic acids is 5. The van der Waals surface area contributed by atoms with Crippen molar-refractivity contribution in [3.63, 3.8) is 0 Å². The smallest absolute Gasteiger partial charge is 0.255 e. The number of thiazole rings is 1. The first-order valence-electron chi connectivity index (χ1n) is 24.1. The molecule has 3 aromatic heterocycles. The maximum Gasteiger partial charge on any atom is 0.255 e. The summed E-state index contributed by atoms with van der Waals surface area (Å²) in [7, 11) is 0. The molecule has 17 nitrogen and oxygen atoms in total. The number of benzene rings is 3. The van der Waals surface area contributed by atoms with E-state index in [0.717, 1.165) is 49.8 Å². The molecule has 5 N–H and O–H groups in total. The van der Waals surface area contributed by atoms with E-state index in [4.69, 9.17) is 0 Å². The van der Waals surface area contributed by atoms with Gasteiger partial charge in [0.05, 0.1) is 27.9 Å². The van der Waals surface area contributed by atoms with Gasteiger partial charge in [-0.25, -0.2) is 15.0 Å². The normalized spacial score (nSPS) is 16.5. The van der Waals surface area contributed by atoms with Crippen molar-refractivity contribution in [3.05, 3.63) is 137 Å². The van der Waals surface area contributed by atoms with Gasteiger partial charge in [0.1, 0.15) is 12.1 Å². The third-order valence-corrected chi connectivity index (χ3v) is 14.0. The largest absolute Gasteiger partial charge is 0.391 e. The Kier molecular flexibility index (Phi) is 16.1. The molecule has 2 aliphatic rings. The number of hydrogen-bond donors (Lipinski definition) is 5. The highest BCUT2D eigenvalue weighted by atomic mass is 32.1. The first-order chi connectivity index (χ1) is 34.6. The van der Waals surface area contributed by atoms with Crippen LogP contribution in [-0.2, 0) is 32.3 Å². The van der Waals surface area contributed by atoms with Crippen molar-refractivity contribution < 1.29 is 29.1 Å². The number of piperazine rings is 1. The van der Waals surface area contributed by atoms with Crippen molar-refractivity contribution in [2.75, 3.05) is 43.4 Å². The maximum atomic E-state index is 14.1. The Hall–Kier alpha value is -7.41. The third-order valence-electron chi connectivity index (χ3n) is 13.0. The number of nitrogens with one attached hydrogen (secondary N) is 4. The van der Waals surface area contributed by atoms with Gasteiger partial charge >= 0.3 is 0 Å². The van der Waals surface area contributed by atoms with Crippen molar-refractivity contribution in [2.45, 2.75) is 85.2 Å². The molecule has 0 aliphatic carbocycles. The summed E-state index contributed by atoms with van der Waals surface area (Å²) in [5, 5.41) is 22.7. The van der Waals surface area contributed by atoms with E-state index in [2.05, 4.69) is 46.1 Å². The number of nitrogens with zero attached hydrogens (tertiary/aromatic N) is 7. The van der Waals surface area contributed by atoms with Crippen LogP contribution in [0.2, 0.25) is 0 Å². The molecule has 5 heterocycles. The molecule has 2 saturated heterocycles. The number of aromatic nitrogens is 4. The summed E-state index contributed by atoms with van der Waals surface area (Å²) in [5.74, 6) is -1.26. The zero-order valence-corrected chi connectivity index (χ0v) is 42.0. The molecule has 3 aromatic carbocycles. The average molecular weight is 992 g/mol. The molecule has 18 heteroatoms. The number of hydrogen-bond acceptors (Lipinski definition) is 13. The Morgan fingerprint density at radius 3 is 2.29 bits per heavy atom. The monoisotopic (exact) mass is 991 g/mol. The number of rotatable bonds is 16. The summed E-state index contributed by atoms with van der Waals surface area (Å²) in [4.78, 5) is 91.6. The zero-order chi connectivity index (χ0) is 50.9. The van der Waals surface area contributed by atoms with E-state index in [9.17, 15) is 29.1 Å². The van der Waals surface area contributed by atoms with Gasteiger partial charge in [-0.2, -0.15) is 0 Å². The fraction of sp³-hybridized carbons (Fsp3) is 0.352. The van der Waals surface area contributed by atoms with E-state index in [1.165, 1.54) is 4.90 Å². The van der Waals surface area contributed by atoms with E-state index in [-0.39, 0.29) is 50.1 Å². The molecule has 3 atom stereocenters. The Morgan fingerprint density at radius 1 is 0.847 bits per heavy atom. The summed E-state index contributed by atoms with van der Waals surface area (Å²) >= 11 is 1.57. The minimum atomic E-state index is -0.996. The minimum Gasteiger partial charge on any atom is -0.391 e. The first-order valence-corrected chi connectivity index (χ1v) is 25.0. The van der Waals surface area contributed by atoms with E-state index in [1.807, 2.05) is 113 Å². The maximum absolute atomic E-state index is 14.1. The van der Waals surface area contributed by atoms with Crippen molar-refractivity contribution in [1.82, 2.24) is 45.3 Å². The van der Waals surface area contributed by atoms with Gasteiger partial charge in [-0.3, -0.25) is 33.9 Å². The van der Waals surface area contributed by atoms with E-state index >= 15 is 0 Å². The van der Waals surface area contributed by atoms with Crippen molar-refractivity contribution >= 4 is 58.2 Å². The van der Waals surface area contributed by atoms with Crippen LogP contribution in [0.4, 0.5) is 17.3 Å². The Bertz CT molecular complexity index is 2880. The molecule has 5 amide bonds. The number of carbonyl (C=O) groups is 5. The molecule has 0 saturated carbocycles. The number of aliphatic hydroxyl groups is 1. The lowest BCUT2D eigenvalue weighted by atomic mass is 9.85. The first kappa shape index (κ1) is 51.0. The molecule has 8 rings (SSSR count). The number of amides is 5. The topological polar surface area (TPSA) is 215 Å². The van der Waals surface area contributed by atoms with Crippen molar-refractivity contribution in [2.24, 2.45) is 5.41 Å². The minimum absolute atomic E-state index is 0.0196. The molecule has 2 unspecified atom stereocenters. The quantitative estimate of drug-likeness (QED) is 0.0702. The van der Waals surface area contributed by atoms with Crippen molar-refractivity contribution in [3.8, 4) is 21.7 Å². The number of anilines is 3. The molecule has 0 radical (unpaired) electrons. The van der Waals surface area contributed by atoms with Crippen LogP contribution in [0.15, 0.2) is 109 Å². The van der Waals surface area contributed by atoms with Gasteiger partial charge < -0.3 is 36.2 Å². The van der Waals surface area contributed by atoms with Crippen LogP contribution in [0.25, 0.3) is 21.7 Å². The number of aryl methyl sites for hydroxylation is 2. The second kappa shape index (κ2) is 22.8. The highest BCUT2D eigenvalue weighted by molar-refractivity contribution is 7.13. The van der Waals surface area contributed by atoms with Gasteiger partial charge in [-0.15, -0.1) is 11.3 Å².